The fourth-order valence-electron chi connectivity index (χ4n) is 4.66. The summed E-state index contributed by atoms with van der Waals surface area (Å²) in [6, 6.07) is 17.5. The van der Waals surface area contributed by atoms with Gasteiger partial charge in [-0.25, -0.2) is 4.79 Å². The van der Waals surface area contributed by atoms with Gasteiger partial charge >= 0.3 is 5.97 Å². The van der Waals surface area contributed by atoms with Crippen molar-refractivity contribution in [3.8, 4) is 0 Å². The molecule has 1 aliphatic carbocycles. The molecule has 0 bridgehead atoms. The summed E-state index contributed by atoms with van der Waals surface area (Å²) in [7, 11) is 0. The molecule has 1 heterocycles. The van der Waals surface area contributed by atoms with Crippen molar-refractivity contribution in [3.05, 3.63) is 72.1 Å². The predicted octanol–water partition coefficient (Wildman–Crippen LogP) is 5.13. The standard InChI is InChI=1S/C28H31N3O4/c1-28(2,27(34)35)31-25(32)15-18-7-9-19(10-8-18)20-11-13-23(14-12-20)30-26(33)24-16-21-5-3-4-6-22(21)17-29-24/h3-6,11-14,16-19H,7-10,15H2,1-2H3,(H,30,33)(H,31,32)(H,34,35). The van der Waals surface area contributed by atoms with E-state index in [-0.39, 0.29) is 17.7 Å². The van der Waals surface area contributed by atoms with Crippen LogP contribution in [0.3, 0.4) is 0 Å². The van der Waals surface area contributed by atoms with E-state index in [0.717, 1.165) is 42.1 Å². The molecule has 0 unspecified atom stereocenters. The number of nitrogens with one attached hydrogen (secondary N) is 2. The number of nitrogens with zero attached hydrogens (tertiary/aromatic N) is 1. The molecule has 2 aromatic carbocycles. The molecular weight excluding hydrogens is 442 g/mol. The first-order valence-corrected chi connectivity index (χ1v) is 12.0. The molecule has 1 aromatic heterocycles. The zero-order valence-corrected chi connectivity index (χ0v) is 20.1. The lowest BCUT2D eigenvalue weighted by molar-refractivity contribution is -0.146. The normalized spacial score (nSPS) is 18.1. The molecule has 0 spiro atoms. The number of carboxylic acid groups (broad SMARTS) is 1. The number of rotatable bonds is 7. The van der Waals surface area contributed by atoms with Gasteiger partial charge in [0.15, 0.2) is 0 Å². The zero-order valence-electron chi connectivity index (χ0n) is 20.1. The minimum absolute atomic E-state index is 0.207. The van der Waals surface area contributed by atoms with Gasteiger partial charge in [-0.2, -0.15) is 0 Å². The maximum Gasteiger partial charge on any atom is 0.328 e. The number of aromatic nitrogens is 1. The minimum Gasteiger partial charge on any atom is -0.480 e. The summed E-state index contributed by atoms with van der Waals surface area (Å²) in [5.74, 6) is -0.807. The number of fused-ring (bicyclic) bond motifs is 1. The summed E-state index contributed by atoms with van der Waals surface area (Å²) in [6.45, 7) is 2.99. The molecule has 1 fully saturated rings. The highest BCUT2D eigenvalue weighted by molar-refractivity contribution is 6.04. The Kier molecular flexibility index (Phi) is 7.15. The number of pyridine rings is 1. The molecule has 4 rings (SSSR count). The van der Waals surface area contributed by atoms with Gasteiger partial charge in [0.2, 0.25) is 5.91 Å². The van der Waals surface area contributed by atoms with Crippen LogP contribution in [0, 0.1) is 5.92 Å². The van der Waals surface area contributed by atoms with E-state index in [0.29, 0.717) is 18.0 Å². The van der Waals surface area contributed by atoms with Crippen molar-refractivity contribution in [1.29, 1.82) is 0 Å². The fourth-order valence-corrected chi connectivity index (χ4v) is 4.66. The first kappa shape index (κ1) is 24.4. The van der Waals surface area contributed by atoms with Crippen LogP contribution in [0.5, 0.6) is 0 Å². The summed E-state index contributed by atoms with van der Waals surface area (Å²) in [4.78, 5) is 40.4. The van der Waals surface area contributed by atoms with Crippen molar-refractivity contribution >= 4 is 34.2 Å². The molecule has 2 amide bonds. The molecular formula is C28H31N3O4. The summed E-state index contributed by atoms with van der Waals surface area (Å²) >= 11 is 0. The molecule has 1 aliphatic rings. The van der Waals surface area contributed by atoms with Crippen LogP contribution >= 0.6 is 0 Å². The molecule has 0 saturated heterocycles. The number of carbonyl (C=O) groups excluding carboxylic acids is 2. The van der Waals surface area contributed by atoms with Crippen LogP contribution in [0.15, 0.2) is 60.8 Å². The van der Waals surface area contributed by atoms with Crippen LogP contribution < -0.4 is 10.6 Å². The van der Waals surface area contributed by atoms with Crippen molar-refractivity contribution in [3.63, 3.8) is 0 Å². The average Bonchev–Trinajstić information content (AvgIpc) is 2.84. The number of carbonyl (C=O) groups is 3. The monoisotopic (exact) mass is 473 g/mol. The lowest BCUT2D eigenvalue weighted by Crippen LogP contribution is -2.50. The van der Waals surface area contributed by atoms with Crippen molar-refractivity contribution in [1.82, 2.24) is 10.3 Å². The van der Waals surface area contributed by atoms with Crippen molar-refractivity contribution in [2.24, 2.45) is 5.92 Å². The lowest BCUT2D eigenvalue weighted by Gasteiger charge is -2.29. The van der Waals surface area contributed by atoms with E-state index in [1.807, 2.05) is 36.4 Å². The van der Waals surface area contributed by atoms with Gasteiger partial charge < -0.3 is 15.7 Å². The Hall–Kier alpha value is -3.74. The Morgan fingerprint density at radius 2 is 1.63 bits per heavy atom. The first-order chi connectivity index (χ1) is 16.7. The van der Waals surface area contributed by atoms with Gasteiger partial charge in [-0.1, -0.05) is 36.4 Å². The van der Waals surface area contributed by atoms with E-state index in [9.17, 15) is 19.5 Å². The van der Waals surface area contributed by atoms with E-state index in [4.69, 9.17) is 0 Å². The van der Waals surface area contributed by atoms with Gasteiger partial charge in [0, 0.05) is 23.7 Å². The maximum absolute atomic E-state index is 12.7. The molecule has 3 aromatic rings. The van der Waals surface area contributed by atoms with E-state index in [1.54, 1.807) is 12.3 Å². The van der Waals surface area contributed by atoms with Gasteiger partial charge in [0.1, 0.15) is 11.2 Å². The molecule has 1 saturated carbocycles. The topological polar surface area (TPSA) is 108 Å². The highest BCUT2D eigenvalue weighted by Gasteiger charge is 2.31. The smallest absolute Gasteiger partial charge is 0.328 e. The third-order valence-electron chi connectivity index (χ3n) is 6.81. The van der Waals surface area contributed by atoms with E-state index >= 15 is 0 Å². The van der Waals surface area contributed by atoms with Crippen LogP contribution in [0.25, 0.3) is 10.8 Å². The van der Waals surface area contributed by atoms with Crippen LogP contribution in [-0.2, 0) is 9.59 Å². The highest BCUT2D eigenvalue weighted by Crippen LogP contribution is 2.37. The summed E-state index contributed by atoms with van der Waals surface area (Å²) in [5, 5.41) is 16.7. The molecule has 7 heteroatoms. The Balaban J connectivity index is 1.28. The zero-order chi connectivity index (χ0) is 25.0. The van der Waals surface area contributed by atoms with Gasteiger partial charge in [-0.05, 0) is 80.5 Å². The second-order valence-corrected chi connectivity index (χ2v) is 9.89. The first-order valence-electron chi connectivity index (χ1n) is 12.0. The number of aliphatic carboxylic acids is 1. The predicted molar refractivity (Wildman–Crippen MR) is 135 cm³/mol. The van der Waals surface area contributed by atoms with E-state index in [2.05, 4.69) is 27.8 Å². The molecule has 182 valence electrons. The van der Waals surface area contributed by atoms with Crippen molar-refractivity contribution in [2.45, 2.75) is 57.4 Å². The SMILES string of the molecule is CC(C)(NC(=O)CC1CCC(c2ccc(NC(=O)c3cc4ccccc4cn3)cc2)CC1)C(=O)O. The Bertz CT molecular complexity index is 1230. The third kappa shape index (κ3) is 6.04. The third-order valence-corrected chi connectivity index (χ3v) is 6.81. The van der Waals surface area contributed by atoms with Crippen LogP contribution in [0.4, 0.5) is 5.69 Å². The Labute approximate surface area is 205 Å². The van der Waals surface area contributed by atoms with E-state index in [1.165, 1.54) is 19.4 Å². The summed E-state index contributed by atoms with van der Waals surface area (Å²) in [6.07, 6.45) is 5.88. The molecule has 7 nitrogen and oxygen atoms in total. The van der Waals surface area contributed by atoms with Gasteiger partial charge in [-0.15, -0.1) is 0 Å². The lowest BCUT2D eigenvalue weighted by atomic mass is 9.77. The molecule has 3 N–H and O–H groups in total. The number of hydrogen-bond acceptors (Lipinski definition) is 4. The van der Waals surface area contributed by atoms with Crippen molar-refractivity contribution < 1.29 is 19.5 Å². The van der Waals surface area contributed by atoms with Gasteiger partial charge in [0.05, 0.1) is 0 Å². The van der Waals surface area contributed by atoms with Gasteiger partial charge in [0.25, 0.3) is 5.91 Å². The Morgan fingerprint density at radius 1 is 0.971 bits per heavy atom. The number of hydrogen-bond donors (Lipinski definition) is 3. The second-order valence-electron chi connectivity index (χ2n) is 9.89. The maximum atomic E-state index is 12.7. The van der Waals surface area contributed by atoms with E-state index < -0.39 is 11.5 Å². The van der Waals surface area contributed by atoms with Gasteiger partial charge in [-0.3, -0.25) is 14.6 Å². The van der Waals surface area contributed by atoms with Crippen LogP contribution in [0.1, 0.15) is 67.9 Å². The molecule has 35 heavy (non-hydrogen) atoms. The van der Waals surface area contributed by atoms with Crippen LogP contribution in [-0.4, -0.2) is 33.4 Å². The Morgan fingerprint density at radius 3 is 2.29 bits per heavy atom. The number of benzene rings is 2. The highest BCUT2D eigenvalue weighted by atomic mass is 16.4. The summed E-state index contributed by atoms with van der Waals surface area (Å²) < 4.78 is 0. The number of anilines is 1. The molecule has 0 atom stereocenters. The summed E-state index contributed by atoms with van der Waals surface area (Å²) in [5.41, 5.74) is 1.07. The molecule has 0 radical (unpaired) electrons. The van der Waals surface area contributed by atoms with Crippen LogP contribution in [0.2, 0.25) is 0 Å². The van der Waals surface area contributed by atoms with Crippen molar-refractivity contribution in [2.75, 3.05) is 5.32 Å². The largest absolute Gasteiger partial charge is 0.480 e. The quantitative estimate of drug-likeness (QED) is 0.441. The average molecular weight is 474 g/mol. The fraction of sp³-hybridized carbons (Fsp3) is 0.357. The molecule has 0 aliphatic heterocycles. The number of amides is 2. The number of carboxylic acids is 1. The minimum atomic E-state index is -1.25. The second kappa shape index (κ2) is 10.3.